The third-order valence-corrected chi connectivity index (χ3v) is 4.34. The minimum atomic E-state index is -6.23. The zero-order valence-electron chi connectivity index (χ0n) is 14.7. The molecule has 0 spiro atoms. The molecule has 1 unspecified atom stereocenters. The summed E-state index contributed by atoms with van der Waals surface area (Å²) >= 11 is 0. The molecule has 0 fully saturated rings. The predicted octanol–water partition coefficient (Wildman–Crippen LogP) is 4.77. The average Bonchev–Trinajstić information content (AvgIpc) is 2.49. The molecule has 0 aromatic carbocycles. The first-order valence-electron chi connectivity index (χ1n) is 7.78. The van der Waals surface area contributed by atoms with Crippen LogP contribution in [0.2, 0.25) is 0 Å². The molecular weight excluding hydrogens is 406 g/mol. The smallest absolute Gasteiger partial charge is 0.461 e. The summed E-state index contributed by atoms with van der Waals surface area (Å²) in [5, 5.41) is 9.17. The monoisotopic (exact) mass is 421 g/mol. The maximum atomic E-state index is 13.6. The van der Waals surface area contributed by atoms with Crippen LogP contribution in [0, 0.1) is 5.41 Å². The molecule has 0 bridgehead atoms. The largest absolute Gasteiger partial charge is 0.465 e. The minimum absolute atomic E-state index is 0.423. The Morgan fingerprint density at radius 1 is 1.04 bits per heavy atom. The fourth-order valence-electron chi connectivity index (χ4n) is 2.90. The molecule has 1 amide bonds. The van der Waals surface area contributed by atoms with Gasteiger partial charge in [0.1, 0.15) is 0 Å². The lowest BCUT2D eigenvalue weighted by Gasteiger charge is -2.40. The number of carbonyl (C=O) groups is 1. The maximum absolute atomic E-state index is 13.6. The van der Waals surface area contributed by atoms with Crippen molar-refractivity contribution in [2.24, 2.45) is 5.41 Å². The Balaban J connectivity index is 2.85. The third-order valence-electron chi connectivity index (χ3n) is 4.34. The lowest BCUT2D eigenvalue weighted by molar-refractivity contribution is -0.293. The summed E-state index contributed by atoms with van der Waals surface area (Å²) in [6.07, 6.45) is -13.1. The van der Waals surface area contributed by atoms with Crippen LogP contribution in [-0.4, -0.2) is 38.8 Å². The molecule has 2 rings (SSSR count). The molecule has 28 heavy (non-hydrogen) atoms. The van der Waals surface area contributed by atoms with E-state index in [0.29, 0.717) is 4.90 Å². The standard InChI is InChI=1S/C15H15F8N3O2/c1-12(2,3)6-4-26(11(27)28)5-7-8(6)9(14(18,19)20)25-10(24-7)13(16,17)15(21,22)23/h6H,4-5H2,1-3H3,(H,27,28). The summed E-state index contributed by atoms with van der Waals surface area (Å²) in [7, 11) is 0. The highest BCUT2D eigenvalue weighted by Crippen LogP contribution is 2.48. The molecule has 1 aliphatic rings. The van der Waals surface area contributed by atoms with Crippen LogP contribution in [0.5, 0.6) is 0 Å². The van der Waals surface area contributed by atoms with Gasteiger partial charge in [-0.1, -0.05) is 20.8 Å². The molecule has 0 radical (unpaired) electrons. The van der Waals surface area contributed by atoms with E-state index >= 15 is 0 Å². The van der Waals surface area contributed by atoms with Crippen LogP contribution in [0.1, 0.15) is 49.5 Å². The van der Waals surface area contributed by atoms with Gasteiger partial charge in [0.15, 0.2) is 5.69 Å². The highest BCUT2D eigenvalue weighted by atomic mass is 19.4. The summed E-state index contributed by atoms with van der Waals surface area (Å²) in [5.41, 5.74) is -4.41. The Hall–Kier alpha value is -2.21. The van der Waals surface area contributed by atoms with Crippen LogP contribution in [-0.2, 0) is 18.6 Å². The summed E-state index contributed by atoms with van der Waals surface area (Å²) in [5.74, 6) is -9.30. The molecule has 1 N–H and O–H groups in total. The van der Waals surface area contributed by atoms with Crippen molar-refractivity contribution in [3.05, 3.63) is 22.8 Å². The number of hydrogen-bond donors (Lipinski definition) is 1. The number of halogens is 8. The van der Waals surface area contributed by atoms with E-state index in [2.05, 4.69) is 9.97 Å². The second-order valence-corrected chi connectivity index (χ2v) is 7.41. The average molecular weight is 421 g/mol. The van der Waals surface area contributed by atoms with Crippen LogP contribution < -0.4 is 0 Å². The second kappa shape index (κ2) is 6.41. The molecule has 1 aromatic heterocycles. The van der Waals surface area contributed by atoms with Gasteiger partial charge in [0.05, 0.1) is 12.2 Å². The van der Waals surface area contributed by atoms with Gasteiger partial charge in [0.2, 0.25) is 5.82 Å². The minimum Gasteiger partial charge on any atom is -0.465 e. The SMILES string of the molecule is CC(C)(C)C1CN(C(=O)O)Cc2nc(C(F)(F)C(F)(F)F)nc(C(F)(F)F)c21. The number of hydrogen-bond acceptors (Lipinski definition) is 3. The number of aromatic nitrogens is 2. The first-order chi connectivity index (χ1) is 12.4. The quantitative estimate of drug-likeness (QED) is 0.664. The van der Waals surface area contributed by atoms with Gasteiger partial charge in [-0.25, -0.2) is 14.8 Å². The highest BCUT2D eigenvalue weighted by Gasteiger charge is 2.62. The number of nitrogens with zero attached hydrogens (tertiary/aromatic N) is 3. The van der Waals surface area contributed by atoms with E-state index in [9.17, 15) is 39.9 Å². The molecule has 2 heterocycles. The van der Waals surface area contributed by atoms with Crippen molar-refractivity contribution in [1.82, 2.24) is 14.9 Å². The molecule has 1 aromatic rings. The summed E-state index contributed by atoms with van der Waals surface area (Å²) in [6, 6.07) is 0. The number of carboxylic acid groups (broad SMARTS) is 1. The van der Waals surface area contributed by atoms with Crippen LogP contribution in [0.3, 0.4) is 0 Å². The lowest BCUT2D eigenvalue weighted by Crippen LogP contribution is -2.44. The number of alkyl halides is 8. The van der Waals surface area contributed by atoms with Gasteiger partial charge in [0, 0.05) is 18.0 Å². The number of fused-ring (bicyclic) bond motifs is 1. The van der Waals surface area contributed by atoms with E-state index in [1.54, 1.807) is 0 Å². The van der Waals surface area contributed by atoms with Crippen LogP contribution in [0.4, 0.5) is 39.9 Å². The lowest BCUT2D eigenvalue weighted by atomic mass is 9.73. The van der Waals surface area contributed by atoms with E-state index in [1.807, 2.05) is 0 Å². The van der Waals surface area contributed by atoms with Crippen molar-refractivity contribution in [1.29, 1.82) is 0 Å². The zero-order chi connectivity index (χ0) is 21.9. The Morgan fingerprint density at radius 2 is 1.57 bits per heavy atom. The maximum Gasteiger partial charge on any atom is 0.461 e. The number of amides is 1. The van der Waals surface area contributed by atoms with Gasteiger partial charge >= 0.3 is 24.4 Å². The van der Waals surface area contributed by atoms with Gasteiger partial charge in [-0.3, -0.25) is 0 Å². The topological polar surface area (TPSA) is 66.3 Å². The van der Waals surface area contributed by atoms with Crippen molar-refractivity contribution in [2.75, 3.05) is 6.54 Å². The zero-order valence-corrected chi connectivity index (χ0v) is 14.7. The molecular formula is C15H15F8N3O2. The first-order valence-corrected chi connectivity index (χ1v) is 7.78. The molecule has 0 saturated carbocycles. The van der Waals surface area contributed by atoms with Gasteiger partial charge in [-0.2, -0.15) is 35.1 Å². The fourth-order valence-corrected chi connectivity index (χ4v) is 2.90. The van der Waals surface area contributed by atoms with Gasteiger partial charge in [-0.15, -0.1) is 0 Å². The normalized spacial score (nSPS) is 18.8. The second-order valence-electron chi connectivity index (χ2n) is 7.41. The molecule has 5 nitrogen and oxygen atoms in total. The third kappa shape index (κ3) is 3.83. The van der Waals surface area contributed by atoms with Crippen molar-refractivity contribution in [3.63, 3.8) is 0 Å². The number of rotatable bonds is 1. The van der Waals surface area contributed by atoms with E-state index in [0.717, 1.165) is 0 Å². The first kappa shape index (κ1) is 22.1. The fraction of sp³-hybridized carbons (Fsp3) is 0.667. The molecule has 13 heteroatoms. The molecule has 1 aliphatic heterocycles. The predicted molar refractivity (Wildman–Crippen MR) is 77.6 cm³/mol. The van der Waals surface area contributed by atoms with E-state index < -0.39 is 71.6 Å². The molecule has 0 saturated heterocycles. The van der Waals surface area contributed by atoms with Gasteiger partial charge in [0.25, 0.3) is 0 Å². The van der Waals surface area contributed by atoms with Crippen molar-refractivity contribution in [2.45, 2.75) is 51.5 Å². The van der Waals surface area contributed by atoms with Gasteiger partial charge in [-0.05, 0) is 5.41 Å². The van der Waals surface area contributed by atoms with Gasteiger partial charge < -0.3 is 10.0 Å². The van der Waals surface area contributed by atoms with E-state index in [-0.39, 0.29) is 0 Å². The Morgan fingerprint density at radius 3 is 1.96 bits per heavy atom. The highest BCUT2D eigenvalue weighted by molar-refractivity contribution is 5.66. The summed E-state index contributed by atoms with van der Waals surface area (Å²) in [6.45, 7) is 3.14. The summed E-state index contributed by atoms with van der Waals surface area (Å²) in [4.78, 5) is 17.5. The van der Waals surface area contributed by atoms with Crippen LogP contribution in [0.25, 0.3) is 0 Å². The molecule has 158 valence electrons. The van der Waals surface area contributed by atoms with E-state index in [4.69, 9.17) is 5.11 Å². The Kier molecular flexibility index (Phi) is 5.05. The molecule has 1 atom stereocenters. The summed E-state index contributed by atoms with van der Waals surface area (Å²) < 4.78 is 106. The van der Waals surface area contributed by atoms with Crippen LogP contribution >= 0.6 is 0 Å². The Bertz CT molecular complexity index is 783. The van der Waals surface area contributed by atoms with Crippen LogP contribution in [0.15, 0.2) is 0 Å². The molecule has 0 aliphatic carbocycles. The Labute approximate surface area is 153 Å². The van der Waals surface area contributed by atoms with Crippen molar-refractivity contribution >= 4 is 6.09 Å². The van der Waals surface area contributed by atoms with E-state index in [1.165, 1.54) is 20.8 Å². The van der Waals surface area contributed by atoms with Crippen molar-refractivity contribution in [3.8, 4) is 0 Å². The van der Waals surface area contributed by atoms with Crippen molar-refractivity contribution < 1.29 is 45.0 Å².